The Bertz CT molecular complexity index is 3270. The van der Waals surface area contributed by atoms with Gasteiger partial charge in [0.15, 0.2) is 0 Å². The van der Waals surface area contributed by atoms with Crippen LogP contribution >= 0.6 is 11.3 Å². The van der Waals surface area contributed by atoms with Gasteiger partial charge in [-0.05, 0) is 97.4 Å². The molecule has 0 aliphatic heterocycles. The van der Waals surface area contributed by atoms with E-state index in [4.69, 9.17) is 9.60 Å². The average Bonchev–Trinajstić information content (AvgIpc) is 3.68. The Hall–Kier alpha value is -5.03. The van der Waals surface area contributed by atoms with E-state index in [-0.39, 0.29) is 38.5 Å². The van der Waals surface area contributed by atoms with Crippen molar-refractivity contribution in [2.45, 2.75) is 64.9 Å². The first-order valence-corrected chi connectivity index (χ1v) is 24.0. The van der Waals surface area contributed by atoms with Crippen molar-refractivity contribution in [3.8, 4) is 33.6 Å². The molecule has 0 N–H and O–H groups in total. The van der Waals surface area contributed by atoms with Crippen LogP contribution in [0, 0.1) is 19.0 Å². The van der Waals surface area contributed by atoms with Crippen molar-refractivity contribution in [2.75, 3.05) is 0 Å². The maximum atomic E-state index is 9.21. The van der Waals surface area contributed by atoms with Gasteiger partial charge >= 0.3 is 0 Å². The second-order valence-corrected chi connectivity index (χ2v) is 21.8. The van der Waals surface area contributed by atoms with Gasteiger partial charge in [0.05, 0.1) is 8.07 Å². The number of hydrogen-bond acceptors (Lipinski definition) is 3. The molecule has 10 rings (SSSR count). The molecule has 6 aromatic carbocycles. The number of fused-ring (bicyclic) bond motifs is 5. The summed E-state index contributed by atoms with van der Waals surface area (Å²) in [6.07, 6.45) is 0.551. The fourth-order valence-electron chi connectivity index (χ4n) is 7.86. The molecular weight excluding hydrogens is 929 g/mol. The van der Waals surface area contributed by atoms with Crippen LogP contribution in [0.2, 0.25) is 19.6 Å². The molecule has 1 radical (unpaired) electrons. The van der Waals surface area contributed by atoms with Crippen LogP contribution in [0.4, 0.5) is 0 Å². The van der Waals surface area contributed by atoms with Crippen LogP contribution in [0.15, 0.2) is 146 Å². The van der Waals surface area contributed by atoms with E-state index in [2.05, 4.69) is 108 Å². The summed E-state index contributed by atoms with van der Waals surface area (Å²) in [7, 11) is -1.75. The largest absolute Gasteiger partial charge is 0.305 e. The van der Waals surface area contributed by atoms with E-state index in [9.17, 15) is 1.37 Å². The van der Waals surface area contributed by atoms with Gasteiger partial charge in [0, 0.05) is 54.1 Å². The smallest absolute Gasteiger partial charge is 0.0799 e. The molecule has 1 atom stereocenters. The van der Waals surface area contributed by atoms with Gasteiger partial charge in [-0.15, -0.1) is 59.2 Å². The standard InChI is InChI=1S/C31H22NS.C23H26NSi.Ir/c1-3-10-23-20(7-1)9-5-12-24(23)22-15-16-26-27-13-6-14-28(31(27)33-29(26)19-22)30-25-11-4-2-8-21(25)17-18-32-30;1-17-11-13-20(14-12-17)22-15-21(23(16-24-22)25(3,4)5)18(2)19-9-7-6-8-10-19;/h1,3,5-7,9-10,12-13,15-19H,2,4,8,11H2;6-13,15-16,18H,1-5H3;/q2*-1;/i8D2,11D2;1D3,18D;. The molecule has 0 amide bonds. The van der Waals surface area contributed by atoms with Gasteiger partial charge in [0.25, 0.3) is 0 Å². The molecule has 0 saturated carbocycles. The second kappa shape index (κ2) is 17.3. The fourth-order valence-corrected chi connectivity index (χ4v) is 10.6. The Kier molecular flexibility index (Phi) is 9.33. The summed E-state index contributed by atoms with van der Waals surface area (Å²) in [6.45, 7) is 6.54. The minimum Gasteiger partial charge on any atom is -0.305 e. The molecule has 5 heteroatoms. The normalized spacial score (nSPS) is 17.5. The molecule has 0 fully saturated rings. The number of rotatable bonds is 6. The molecule has 0 bridgehead atoms. The van der Waals surface area contributed by atoms with Crippen LogP contribution in [0.1, 0.15) is 64.4 Å². The molecule has 9 aromatic rings. The quantitative estimate of drug-likeness (QED) is 0.123. The third kappa shape index (κ3) is 8.27. The van der Waals surface area contributed by atoms with E-state index in [1.165, 1.54) is 22.4 Å². The van der Waals surface area contributed by atoms with E-state index in [1.807, 2.05) is 55.6 Å². The van der Waals surface area contributed by atoms with E-state index in [0.29, 0.717) is 22.5 Å². The van der Waals surface area contributed by atoms with Crippen molar-refractivity contribution in [3.05, 3.63) is 186 Å². The first-order valence-electron chi connectivity index (χ1n) is 23.7. The van der Waals surface area contributed by atoms with Crippen LogP contribution in [0.5, 0.6) is 0 Å². The van der Waals surface area contributed by atoms with E-state index >= 15 is 0 Å². The maximum absolute atomic E-state index is 9.21. The summed E-state index contributed by atoms with van der Waals surface area (Å²) in [4.78, 5) is 9.27. The molecule has 295 valence electrons. The number of aromatic nitrogens is 2. The van der Waals surface area contributed by atoms with Crippen molar-refractivity contribution in [3.63, 3.8) is 0 Å². The van der Waals surface area contributed by atoms with Crippen LogP contribution in [-0.4, -0.2) is 18.0 Å². The molecule has 3 aromatic heterocycles. The topological polar surface area (TPSA) is 25.8 Å². The minimum absolute atomic E-state index is 0. The monoisotopic (exact) mass is 985 g/mol. The first kappa shape index (κ1) is 31.8. The third-order valence-electron chi connectivity index (χ3n) is 10.9. The zero-order chi connectivity index (χ0) is 46.8. The van der Waals surface area contributed by atoms with Crippen molar-refractivity contribution in [1.29, 1.82) is 0 Å². The second-order valence-electron chi connectivity index (χ2n) is 15.7. The summed E-state index contributed by atoms with van der Waals surface area (Å²) in [5, 5.41) is 5.81. The molecule has 1 aliphatic rings. The zero-order valence-corrected chi connectivity index (χ0v) is 37.6. The molecule has 0 spiro atoms. The van der Waals surface area contributed by atoms with Crippen LogP contribution < -0.4 is 5.19 Å². The first-order chi connectivity index (χ1) is 31.2. The van der Waals surface area contributed by atoms with Crippen molar-refractivity contribution >= 4 is 55.5 Å². The Morgan fingerprint density at radius 3 is 2.42 bits per heavy atom. The van der Waals surface area contributed by atoms with Crippen LogP contribution in [-0.2, 0) is 32.9 Å². The van der Waals surface area contributed by atoms with Gasteiger partial charge in [0.1, 0.15) is 0 Å². The summed E-state index contributed by atoms with van der Waals surface area (Å²) < 4.78 is 68.5. The summed E-state index contributed by atoms with van der Waals surface area (Å²) >= 11 is 1.66. The summed E-state index contributed by atoms with van der Waals surface area (Å²) in [5.41, 5.74) is 7.91. The Balaban J connectivity index is 0.000000185. The number of pyridine rings is 2. The number of benzene rings is 6. The van der Waals surface area contributed by atoms with Gasteiger partial charge in [-0.2, -0.15) is 11.3 Å². The Morgan fingerprint density at radius 1 is 0.797 bits per heavy atom. The van der Waals surface area contributed by atoms with Crippen LogP contribution in [0.25, 0.3) is 64.6 Å². The molecule has 2 nitrogen and oxygen atoms in total. The van der Waals surface area contributed by atoms with E-state index < -0.39 is 33.6 Å². The predicted octanol–water partition coefficient (Wildman–Crippen LogP) is 14.2. The number of nitrogens with zero attached hydrogens (tertiary/aromatic N) is 2. The molecule has 3 heterocycles. The SMILES string of the molecule is [2H]C([2H])([2H])c1c[c-]c(-c2cc(C([2H])(C)c3ccccc3)c([Si](C)(C)C)cn2)cc1.[2H]C1([2H])CCC([2H])([2H])c2c1ccnc2-c1[c-]ccc2c1sc1cc(-c3cccc4ccccc34)ccc12.[Ir]. The van der Waals surface area contributed by atoms with Gasteiger partial charge < -0.3 is 9.97 Å². The van der Waals surface area contributed by atoms with Crippen molar-refractivity contribution < 1.29 is 31.1 Å². The summed E-state index contributed by atoms with van der Waals surface area (Å²) in [5.74, 6) is -0.923. The molecule has 59 heavy (non-hydrogen) atoms. The molecule has 1 unspecified atom stereocenters. The van der Waals surface area contributed by atoms with Gasteiger partial charge in [-0.1, -0.05) is 141 Å². The molecular formula is C54H48IrN2SSi-2. The Morgan fingerprint density at radius 2 is 1.61 bits per heavy atom. The Labute approximate surface area is 379 Å². The molecule has 0 saturated heterocycles. The summed E-state index contributed by atoms with van der Waals surface area (Å²) in [6, 6.07) is 50.0. The van der Waals surface area contributed by atoms with Gasteiger partial charge in [-0.3, -0.25) is 0 Å². The minimum atomic E-state index is -2.15. The molecule has 1 aliphatic carbocycles. The van der Waals surface area contributed by atoms with Crippen molar-refractivity contribution in [2.24, 2.45) is 0 Å². The number of hydrogen-bond donors (Lipinski definition) is 0. The third-order valence-corrected chi connectivity index (χ3v) is 14.1. The van der Waals surface area contributed by atoms with Crippen LogP contribution in [0.3, 0.4) is 0 Å². The van der Waals surface area contributed by atoms with Gasteiger partial charge in [-0.25, -0.2) is 0 Å². The predicted molar refractivity (Wildman–Crippen MR) is 251 cm³/mol. The average molecular weight is 985 g/mol. The number of aryl methyl sites for hydroxylation is 2. The van der Waals surface area contributed by atoms with Crippen molar-refractivity contribution in [1.82, 2.24) is 9.97 Å². The number of thiophene rings is 1. The van der Waals surface area contributed by atoms with E-state index in [0.717, 1.165) is 53.2 Å². The van der Waals surface area contributed by atoms with E-state index in [1.54, 1.807) is 35.7 Å². The zero-order valence-electron chi connectivity index (χ0n) is 41.4. The maximum Gasteiger partial charge on any atom is 0.0799 e. The van der Waals surface area contributed by atoms with Gasteiger partial charge in [0.2, 0.25) is 0 Å². The fraction of sp³-hybridized carbons (Fsp3) is 0.185.